The molecule has 0 bridgehead atoms. The summed E-state index contributed by atoms with van der Waals surface area (Å²) in [4.78, 5) is 33.0. The van der Waals surface area contributed by atoms with Crippen LogP contribution in [0.3, 0.4) is 0 Å². The standard InChI is InChI=1S/C18H18F3N5O2/c1-9(11-5-7-12(8-6-11)18(19,20)21)26-15-13(16(27)23-10(2)22-15)14(24-26)17(28)25(3)4/h5-9H,1-4H3,(H,22,23,27). The van der Waals surface area contributed by atoms with Crippen LogP contribution in [-0.4, -0.2) is 44.7 Å². The topological polar surface area (TPSA) is 83.9 Å². The molecule has 148 valence electrons. The van der Waals surface area contributed by atoms with Crippen molar-refractivity contribution in [2.24, 2.45) is 0 Å². The number of fused-ring (bicyclic) bond motifs is 1. The minimum absolute atomic E-state index is 0.0445. The summed E-state index contributed by atoms with van der Waals surface area (Å²) in [6.45, 7) is 3.30. The van der Waals surface area contributed by atoms with E-state index in [2.05, 4.69) is 15.1 Å². The first-order valence-corrected chi connectivity index (χ1v) is 8.38. The molecule has 0 radical (unpaired) electrons. The summed E-state index contributed by atoms with van der Waals surface area (Å²) in [5.41, 5.74) is -0.603. The third kappa shape index (κ3) is 3.37. The van der Waals surface area contributed by atoms with E-state index in [-0.39, 0.29) is 16.7 Å². The smallest absolute Gasteiger partial charge is 0.343 e. The summed E-state index contributed by atoms with van der Waals surface area (Å²) in [6, 6.07) is 4.09. The third-order valence-electron chi connectivity index (χ3n) is 4.38. The second-order valence-electron chi connectivity index (χ2n) is 6.64. The van der Waals surface area contributed by atoms with E-state index in [0.29, 0.717) is 11.4 Å². The first-order valence-electron chi connectivity index (χ1n) is 8.38. The van der Waals surface area contributed by atoms with Gasteiger partial charge in [0.1, 0.15) is 11.2 Å². The van der Waals surface area contributed by atoms with Crippen LogP contribution in [0.5, 0.6) is 0 Å². The van der Waals surface area contributed by atoms with Crippen molar-refractivity contribution in [3.8, 4) is 0 Å². The van der Waals surface area contributed by atoms with Crippen molar-refractivity contribution in [1.29, 1.82) is 0 Å². The number of carbonyl (C=O) groups is 1. The first kappa shape index (κ1) is 19.6. The highest BCUT2D eigenvalue weighted by Gasteiger charge is 2.30. The monoisotopic (exact) mass is 393 g/mol. The van der Waals surface area contributed by atoms with Gasteiger partial charge in [-0.1, -0.05) is 12.1 Å². The lowest BCUT2D eigenvalue weighted by Gasteiger charge is -2.15. The average Bonchev–Trinajstić information content (AvgIpc) is 2.99. The molecule has 1 atom stereocenters. The lowest BCUT2D eigenvalue weighted by molar-refractivity contribution is -0.137. The van der Waals surface area contributed by atoms with Crippen LogP contribution in [0.15, 0.2) is 29.1 Å². The lowest BCUT2D eigenvalue weighted by Crippen LogP contribution is -2.24. The maximum atomic E-state index is 12.8. The maximum Gasteiger partial charge on any atom is 0.416 e. The van der Waals surface area contributed by atoms with E-state index in [4.69, 9.17) is 0 Å². The normalized spacial score (nSPS) is 13.0. The largest absolute Gasteiger partial charge is 0.416 e. The van der Waals surface area contributed by atoms with Crippen LogP contribution < -0.4 is 5.56 Å². The van der Waals surface area contributed by atoms with Crippen molar-refractivity contribution >= 4 is 16.9 Å². The molecule has 3 aromatic rings. The van der Waals surface area contributed by atoms with E-state index in [9.17, 15) is 22.8 Å². The summed E-state index contributed by atoms with van der Waals surface area (Å²) in [5, 5.41) is 4.33. The number of alkyl halides is 3. The predicted molar refractivity (Wildman–Crippen MR) is 96.2 cm³/mol. The molecular weight excluding hydrogens is 375 g/mol. The van der Waals surface area contributed by atoms with Crippen LogP contribution in [0.1, 0.15) is 40.4 Å². The zero-order chi connectivity index (χ0) is 20.8. The number of aromatic amines is 1. The number of hydrogen-bond donors (Lipinski definition) is 1. The van der Waals surface area contributed by atoms with Gasteiger partial charge < -0.3 is 9.88 Å². The maximum absolute atomic E-state index is 12.8. The summed E-state index contributed by atoms with van der Waals surface area (Å²) in [6.07, 6.45) is -4.43. The molecule has 28 heavy (non-hydrogen) atoms. The number of amides is 1. The Labute approximate surface area is 157 Å². The number of halogens is 3. The summed E-state index contributed by atoms with van der Waals surface area (Å²) in [5.74, 6) is -0.137. The highest BCUT2D eigenvalue weighted by molar-refractivity contribution is 6.03. The van der Waals surface area contributed by atoms with Crippen LogP contribution >= 0.6 is 0 Å². The van der Waals surface area contributed by atoms with Crippen LogP contribution in [0, 0.1) is 6.92 Å². The molecule has 0 aliphatic heterocycles. The van der Waals surface area contributed by atoms with Crippen LogP contribution in [0.4, 0.5) is 13.2 Å². The number of aryl methyl sites for hydroxylation is 1. The molecule has 2 heterocycles. The Morgan fingerprint density at radius 3 is 2.36 bits per heavy atom. The van der Waals surface area contributed by atoms with Crippen LogP contribution in [0.2, 0.25) is 0 Å². The second kappa shape index (κ2) is 6.77. The van der Waals surface area contributed by atoms with Gasteiger partial charge in [-0.3, -0.25) is 9.59 Å². The molecule has 2 aromatic heterocycles. The van der Waals surface area contributed by atoms with Crippen LogP contribution in [0.25, 0.3) is 11.0 Å². The van der Waals surface area contributed by atoms with E-state index in [1.807, 2.05) is 0 Å². The SMILES string of the molecule is Cc1nc2c(c(C(=O)N(C)C)nn2C(C)c2ccc(C(F)(F)F)cc2)c(=O)[nH]1. The van der Waals surface area contributed by atoms with Gasteiger partial charge in [0, 0.05) is 14.1 Å². The molecule has 7 nitrogen and oxygen atoms in total. The minimum atomic E-state index is -4.43. The first-order chi connectivity index (χ1) is 13.0. The van der Waals surface area contributed by atoms with E-state index in [1.54, 1.807) is 13.8 Å². The molecule has 0 saturated carbocycles. The molecule has 0 fully saturated rings. The molecule has 3 rings (SSSR count). The van der Waals surface area contributed by atoms with Gasteiger partial charge in [0.05, 0.1) is 11.6 Å². The molecule has 1 amide bonds. The van der Waals surface area contributed by atoms with Gasteiger partial charge >= 0.3 is 6.18 Å². The van der Waals surface area contributed by atoms with Crippen molar-refractivity contribution in [2.75, 3.05) is 14.1 Å². The van der Waals surface area contributed by atoms with Crippen molar-refractivity contribution in [3.05, 3.63) is 57.3 Å². The molecule has 10 heteroatoms. The van der Waals surface area contributed by atoms with Gasteiger partial charge in [-0.2, -0.15) is 18.3 Å². The number of hydrogen-bond acceptors (Lipinski definition) is 4. The van der Waals surface area contributed by atoms with E-state index >= 15 is 0 Å². The number of nitrogens with zero attached hydrogens (tertiary/aromatic N) is 4. The Bertz CT molecular complexity index is 1100. The van der Waals surface area contributed by atoms with Gasteiger partial charge in [0.25, 0.3) is 11.5 Å². The molecule has 1 unspecified atom stereocenters. The molecule has 0 spiro atoms. The number of carbonyl (C=O) groups excluding carboxylic acids is 1. The van der Waals surface area contributed by atoms with Gasteiger partial charge in [0.2, 0.25) is 0 Å². The van der Waals surface area contributed by atoms with Gasteiger partial charge in [-0.15, -0.1) is 0 Å². The van der Waals surface area contributed by atoms with Crippen molar-refractivity contribution in [2.45, 2.75) is 26.1 Å². The zero-order valence-corrected chi connectivity index (χ0v) is 15.6. The fourth-order valence-corrected chi connectivity index (χ4v) is 2.88. The summed E-state index contributed by atoms with van der Waals surface area (Å²) >= 11 is 0. The van der Waals surface area contributed by atoms with Gasteiger partial charge in [-0.25, -0.2) is 9.67 Å². The predicted octanol–water partition coefficient (Wildman–Crippen LogP) is 2.76. The van der Waals surface area contributed by atoms with Crippen molar-refractivity contribution < 1.29 is 18.0 Å². The Balaban J connectivity index is 2.17. The molecule has 1 aromatic carbocycles. The number of rotatable bonds is 3. The van der Waals surface area contributed by atoms with Crippen molar-refractivity contribution in [3.63, 3.8) is 0 Å². The molecule has 0 saturated heterocycles. The Hall–Kier alpha value is -3.17. The fraction of sp³-hybridized carbons (Fsp3) is 0.333. The number of aromatic nitrogens is 4. The Morgan fingerprint density at radius 1 is 1.21 bits per heavy atom. The van der Waals surface area contributed by atoms with E-state index in [0.717, 1.165) is 12.1 Å². The fourth-order valence-electron chi connectivity index (χ4n) is 2.88. The average molecular weight is 393 g/mol. The zero-order valence-electron chi connectivity index (χ0n) is 15.6. The third-order valence-corrected chi connectivity index (χ3v) is 4.38. The molecular formula is C18H18F3N5O2. The molecule has 1 N–H and O–H groups in total. The highest BCUT2D eigenvalue weighted by atomic mass is 19.4. The Morgan fingerprint density at radius 2 is 1.82 bits per heavy atom. The number of H-pyrrole nitrogens is 1. The van der Waals surface area contributed by atoms with Crippen LogP contribution in [-0.2, 0) is 6.18 Å². The summed E-state index contributed by atoms with van der Waals surface area (Å²) < 4.78 is 39.8. The van der Waals surface area contributed by atoms with E-state index in [1.165, 1.54) is 35.8 Å². The molecule has 0 aliphatic rings. The van der Waals surface area contributed by atoms with Crippen molar-refractivity contribution in [1.82, 2.24) is 24.6 Å². The minimum Gasteiger partial charge on any atom is -0.343 e. The quantitative estimate of drug-likeness (QED) is 0.742. The summed E-state index contributed by atoms with van der Waals surface area (Å²) in [7, 11) is 3.06. The lowest BCUT2D eigenvalue weighted by atomic mass is 10.1. The van der Waals surface area contributed by atoms with Gasteiger partial charge in [0.15, 0.2) is 11.3 Å². The van der Waals surface area contributed by atoms with E-state index < -0.39 is 29.2 Å². The molecule has 0 aliphatic carbocycles. The number of benzene rings is 1. The van der Waals surface area contributed by atoms with Gasteiger partial charge in [-0.05, 0) is 31.5 Å². The second-order valence-corrected chi connectivity index (χ2v) is 6.64. The highest BCUT2D eigenvalue weighted by Crippen LogP contribution is 2.31. The Kier molecular flexibility index (Phi) is 4.74. The number of nitrogens with one attached hydrogen (secondary N) is 1.